The molecule has 12 heteroatoms. The number of carbonyl (C=O) groups excluding carboxylic acids is 1. The van der Waals surface area contributed by atoms with E-state index in [2.05, 4.69) is 41.2 Å². The van der Waals surface area contributed by atoms with E-state index in [1.54, 1.807) is 13.2 Å². The van der Waals surface area contributed by atoms with Gasteiger partial charge in [-0.25, -0.2) is 18.9 Å². The van der Waals surface area contributed by atoms with E-state index in [1.807, 2.05) is 6.92 Å². The Hall–Kier alpha value is -3.93. The fourth-order valence-electron chi connectivity index (χ4n) is 3.70. The van der Waals surface area contributed by atoms with E-state index in [0.29, 0.717) is 30.0 Å². The second-order valence-electron chi connectivity index (χ2n) is 8.14. The zero-order valence-electron chi connectivity index (χ0n) is 21.5. The molecule has 0 aliphatic heterocycles. The van der Waals surface area contributed by atoms with E-state index < -0.39 is 12.8 Å². The number of pyridine rings is 2. The Bertz CT molecular complexity index is 1490. The number of halogens is 1. The molecule has 5 rings (SSSR count). The molecule has 4 aromatic rings. The Labute approximate surface area is 198 Å². The van der Waals surface area contributed by atoms with E-state index in [4.69, 9.17) is 8.85 Å². The average Bonchev–Trinajstić information content (AvgIpc) is 3.43. The third-order valence-corrected chi connectivity index (χ3v) is 5.73. The lowest BCUT2D eigenvalue weighted by Gasteiger charge is -2.09. The fourth-order valence-corrected chi connectivity index (χ4v) is 3.70. The normalized spacial score (nSPS) is 18.9. The Morgan fingerprint density at radius 2 is 2.24 bits per heavy atom. The van der Waals surface area contributed by atoms with Gasteiger partial charge in [0.15, 0.2) is 28.9 Å². The third kappa shape index (κ3) is 4.07. The summed E-state index contributed by atoms with van der Waals surface area (Å²) in [6, 6.07) is 2.81. The van der Waals surface area contributed by atoms with Gasteiger partial charge in [-0.3, -0.25) is 4.79 Å². The molecule has 3 N–H and O–H groups in total. The number of fused-ring (bicyclic) bond motifs is 2. The van der Waals surface area contributed by atoms with Crippen molar-refractivity contribution in [2.75, 3.05) is 43.2 Å². The van der Waals surface area contributed by atoms with Crippen molar-refractivity contribution in [1.82, 2.24) is 29.8 Å². The number of nitrogens with zero attached hydrogens (tertiary/aromatic N) is 6. The monoisotopic (exact) mass is 468 g/mol. The first-order valence-electron chi connectivity index (χ1n) is 12.2. The van der Waals surface area contributed by atoms with Crippen LogP contribution in [0.15, 0.2) is 24.5 Å². The summed E-state index contributed by atoms with van der Waals surface area (Å²) in [5.74, 6) is -0.0564. The summed E-state index contributed by atoms with van der Waals surface area (Å²) in [6.07, 6.45) is 3.67. The lowest BCUT2D eigenvalue weighted by atomic mass is 10.1. The summed E-state index contributed by atoms with van der Waals surface area (Å²) in [5.41, 5.74) is 1.03. The topological polar surface area (TPSA) is 131 Å². The summed E-state index contributed by atoms with van der Waals surface area (Å²) in [4.78, 5) is 21.1. The third-order valence-electron chi connectivity index (χ3n) is 5.73. The number of rotatable bonds is 8. The molecule has 34 heavy (non-hydrogen) atoms. The Kier molecular flexibility index (Phi) is 4.78. The zero-order chi connectivity index (χ0) is 26.3. The highest BCUT2D eigenvalue weighted by Crippen LogP contribution is 2.38. The van der Waals surface area contributed by atoms with Crippen LogP contribution in [0.3, 0.4) is 0 Å². The molecular weight excluding hydrogens is 441 g/mol. The number of ether oxygens (including phenoxy) is 1. The van der Waals surface area contributed by atoms with Crippen LogP contribution in [0, 0.1) is 17.7 Å². The number of hydrogen-bond donors (Lipinski definition) is 3. The molecule has 4 heterocycles. The average molecular weight is 469 g/mol. The predicted octanol–water partition coefficient (Wildman–Crippen LogP) is 2.57. The van der Waals surface area contributed by atoms with Crippen molar-refractivity contribution < 1.29 is 18.0 Å². The summed E-state index contributed by atoms with van der Waals surface area (Å²) >= 11 is 0. The first-order chi connectivity index (χ1) is 17.6. The van der Waals surface area contributed by atoms with E-state index in [0.717, 1.165) is 6.42 Å². The van der Waals surface area contributed by atoms with Gasteiger partial charge in [0.2, 0.25) is 5.91 Å². The molecule has 0 aromatic carbocycles. The number of amides is 1. The van der Waals surface area contributed by atoms with Gasteiger partial charge in [-0.05, 0) is 18.4 Å². The molecule has 1 aliphatic rings. The van der Waals surface area contributed by atoms with Gasteiger partial charge in [0.1, 0.15) is 5.52 Å². The molecule has 0 spiro atoms. The van der Waals surface area contributed by atoms with Gasteiger partial charge in [-0.2, -0.15) is 0 Å². The Balaban J connectivity index is 1.57. The smallest absolute Gasteiger partial charge is 0.228 e. The largest absolute Gasteiger partial charge is 0.383 e. The predicted molar refractivity (Wildman–Crippen MR) is 125 cm³/mol. The number of aromatic nitrogens is 6. The van der Waals surface area contributed by atoms with Crippen LogP contribution in [0.2, 0.25) is 0 Å². The summed E-state index contributed by atoms with van der Waals surface area (Å²) in [6.45, 7) is 0.264. The van der Waals surface area contributed by atoms with Crippen LogP contribution in [-0.4, -0.2) is 62.9 Å². The minimum Gasteiger partial charge on any atom is -0.383 e. The van der Waals surface area contributed by atoms with Gasteiger partial charge in [-0.1, -0.05) is 6.92 Å². The van der Waals surface area contributed by atoms with Crippen LogP contribution < -0.4 is 16.0 Å². The molecular formula is C22H24FN9O2. The van der Waals surface area contributed by atoms with Gasteiger partial charge in [0.25, 0.3) is 0 Å². The highest BCUT2D eigenvalue weighted by Gasteiger charge is 2.39. The van der Waals surface area contributed by atoms with Crippen molar-refractivity contribution in [3.8, 4) is 11.4 Å². The molecule has 1 aliphatic carbocycles. The van der Waals surface area contributed by atoms with Crippen LogP contribution in [0.1, 0.15) is 17.5 Å². The molecule has 0 radical (unpaired) electrons. The molecule has 0 saturated heterocycles. The quantitative estimate of drug-likeness (QED) is 0.334. The number of nitrogens with one attached hydrogen (secondary N) is 3. The number of anilines is 3. The molecule has 0 unspecified atom stereocenters. The van der Waals surface area contributed by atoms with Crippen LogP contribution in [0.25, 0.3) is 27.9 Å². The molecule has 1 amide bonds. The Morgan fingerprint density at radius 1 is 1.38 bits per heavy atom. The lowest BCUT2D eigenvalue weighted by molar-refractivity contribution is -0.117. The number of hydrogen-bond acceptors (Lipinski definition) is 9. The highest BCUT2D eigenvalue weighted by atomic mass is 19.1. The number of methoxy groups -OCH3 is 1. The van der Waals surface area contributed by atoms with Crippen molar-refractivity contribution >= 4 is 39.8 Å². The standard InChI is InChI=1S/C22H24FN9O2/c1-11-6-12(11)22(33)27-17-7-13-14(9-26-21(24-2)19(13)30-29-17)20-28-18-8-15(23)16(10-32(18)31-20)25-4-5-34-3/h7-12,25H,4-6H2,1-3H3,(H,24,26)(H,27,29,33)/t11-,12+/m1/s1/i2D3. The summed E-state index contributed by atoms with van der Waals surface area (Å²) in [7, 11) is 1.55. The van der Waals surface area contributed by atoms with E-state index in [9.17, 15) is 9.18 Å². The maximum Gasteiger partial charge on any atom is 0.228 e. The van der Waals surface area contributed by atoms with Crippen molar-refractivity contribution in [1.29, 1.82) is 0 Å². The van der Waals surface area contributed by atoms with Crippen molar-refractivity contribution in [2.45, 2.75) is 13.3 Å². The highest BCUT2D eigenvalue weighted by molar-refractivity contribution is 6.01. The van der Waals surface area contributed by atoms with E-state index in [-0.39, 0.29) is 46.1 Å². The summed E-state index contributed by atoms with van der Waals surface area (Å²) in [5, 5.41) is 21.1. The molecule has 1 saturated carbocycles. The van der Waals surface area contributed by atoms with Crippen LogP contribution in [-0.2, 0) is 9.53 Å². The molecule has 1 fully saturated rings. The first kappa shape index (κ1) is 18.5. The van der Waals surface area contributed by atoms with Gasteiger partial charge in [0, 0.05) is 53.9 Å². The van der Waals surface area contributed by atoms with Gasteiger partial charge in [-0.15, -0.1) is 15.3 Å². The van der Waals surface area contributed by atoms with E-state index in [1.165, 1.54) is 23.0 Å². The Morgan fingerprint density at radius 3 is 3.00 bits per heavy atom. The van der Waals surface area contributed by atoms with Crippen molar-refractivity contribution in [3.05, 3.63) is 30.3 Å². The lowest BCUT2D eigenvalue weighted by Crippen LogP contribution is -2.16. The van der Waals surface area contributed by atoms with Gasteiger partial charge in [0.05, 0.1) is 18.5 Å². The molecule has 176 valence electrons. The van der Waals surface area contributed by atoms with Crippen LogP contribution in [0.5, 0.6) is 0 Å². The van der Waals surface area contributed by atoms with Gasteiger partial charge >= 0.3 is 0 Å². The minimum absolute atomic E-state index is 0.0145. The number of carbonyl (C=O) groups is 1. The van der Waals surface area contributed by atoms with Crippen molar-refractivity contribution in [3.63, 3.8) is 0 Å². The van der Waals surface area contributed by atoms with Crippen molar-refractivity contribution in [2.24, 2.45) is 11.8 Å². The maximum absolute atomic E-state index is 14.6. The SMILES string of the molecule is [2H]C([2H])([2H])Nc1ncc(-c2nc3cc(F)c(NCCOC)cn3n2)c2cc(NC(=O)[C@H]3C[C@H]3C)nnc12. The second kappa shape index (κ2) is 8.78. The van der Waals surface area contributed by atoms with Gasteiger partial charge < -0.3 is 20.7 Å². The van der Waals surface area contributed by atoms with Crippen LogP contribution >= 0.6 is 0 Å². The molecule has 11 nitrogen and oxygen atoms in total. The minimum atomic E-state index is -2.52. The molecule has 2 atom stereocenters. The molecule has 0 bridgehead atoms. The molecule has 4 aromatic heterocycles. The van der Waals surface area contributed by atoms with E-state index >= 15 is 0 Å². The van der Waals surface area contributed by atoms with Crippen LogP contribution in [0.4, 0.5) is 21.7 Å². The summed E-state index contributed by atoms with van der Waals surface area (Å²) < 4.78 is 43.6. The maximum atomic E-state index is 14.6. The second-order valence-corrected chi connectivity index (χ2v) is 8.14. The first-order valence-corrected chi connectivity index (χ1v) is 10.7. The zero-order valence-corrected chi connectivity index (χ0v) is 18.5. The fraction of sp³-hybridized carbons (Fsp3) is 0.364.